The van der Waals surface area contributed by atoms with Crippen molar-refractivity contribution in [2.24, 2.45) is 0 Å². The predicted octanol–water partition coefficient (Wildman–Crippen LogP) is 14.0. The molecule has 8 heteroatoms. The lowest BCUT2D eigenvalue weighted by atomic mass is 9.92. The fourth-order valence-corrected chi connectivity index (χ4v) is 9.51. The van der Waals surface area contributed by atoms with Gasteiger partial charge in [0.2, 0.25) is 0 Å². The minimum atomic E-state index is 0.728. The largest absolute Gasteiger partial charge is 0.227 e. The van der Waals surface area contributed by atoms with Gasteiger partial charge in [-0.3, -0.25) is 0 Å². The molecule has 0 aliphatic heterocycles. The number of hydrogen-bond acceptors (Lipinski definition) is 8. The molecular weight excluding hydrogens is 737 g/mol. The van der Waals surface area contributed by atoms with Crippen LogP contribution in [-0.4, -0.2) is 19.9 Å². The average Bonchev–Trinajstić information content (AvgIpc) is 4.09. The third kappa shape index (κ3) is 6.29. The summed E-state index contributed by atoms with van der Waals surface area (Å²) >= 11 is 6.77. The molecule has 0 unspecified atom stereocenters. The average molecular weight is 765 g/mol. The molecule has 0 bridgehead atoms. The summed E-state index contributed by atoms with van der Waals surface area (Å²) in [6, 6.07) is 51.4. The van der Waals surface area contributed by atoms with Gasteiger partial charge in [0.25, 0.3) is 0 Å². The van der Waals surface area contributed by atoms with Crippen LogP contribution in [0.2, 0.25) is 0 Å². The summed E-state index contributed by atoms with van der Waals surface area (Å²) in [6.07, 6.45) is 0. The molecular formula is C46H28N4S4. The number of aromatic nitrogens is 4. The van der Waals surface area contributed by atoms with Crippen LogP contribution in [0.1, 0.15) is 0 Å². The summed E-state index contributed by atoms with van der Waals surface area (Å²) in [7, 11) is 0. The highest BCUT2D eigenvalue weighted by molar-refractivity contribution is 7.14. The Morgan fingerprint density at radius 2 is 0.611 bits per heavy atom. The number of rotatable bonds is 8. The highest BCUT2D eigenvalue weighted by Crippen LogP contribution is 2.38. The Balaban J connectivity index is 0.981. The molecule has 0 aliphatic rings. The van der Waals surface area contributed by atoms with Gasteiger partial charge >= 0.3 is 0 Å². The van der Waals surface area contributed by atoms with Gasteiger partial charge in [0.15, 0.2) is 11.6 Å². The summed E-state index contributed by atoms with van der Waals surface area (Å²) in [5.41, 5.74) is 10.4. The van der Waals surface area contributed by atoms with E-state index in [1.54, 1.807) is 45.3 Å². The Morgan fingerprint density at radius 3 is 0.907 bits per heavy atom. The van der Waals surface area contributed by atoms with Crippen LogP contribution in [-0.2, 0) is 0 Å². The van der Waals surface area contributed by atoms with Crippen molar-refractivity contribution in [1.82, 2.24) is 19.9 Å². The fraction of sp³-hybridized carbons (Fsp3) is 0. The van der Waals surface area contributed by atoms with Gasteiger partial charge in [-0.2, -0.15) is 0 Å². The summed E-state index contributed by atoms with van der Waals surface area (Å²) in [6.45, 7) is 0. The van der Waals surface area contributed by atoms with Crippen molar-refractivity contribution < 1.29 is 0 Å². The van der Waals surface area contributed by atoms with Crippen LogP contribution in [0.3, 0.4) is 0 Å². The normalized spacial score (nSPS) is 11.3. The molecule has 0 aliphatic carbocycles. The molecule has 0 radical (unpaired) electrons. The first-order chi connectivity index (χ1) is 26.7. The van der Waals surface area contributed by atoms with Gasteiger partial charge < -0.3 is 0 Å². The van der Waals surface area contributed by atoms with E-state index in [0.717, 1.165) is 76.2 Å². The van der Waals surface area contributed by atoms with E-state index in [4.69, 9.17) is 19.9 Å². The number of fused-ring (bicyclic) bond motifs is 1. The topological polar surface area (TPSA) is 51.6 Å². The highest BCUT2D eigenvalue weighted by Gasteiger charge is 2.15. The minimum absolute atomic E-state index is 0.728. The Kier molecular flexibility index (Phi) is 8.58. The first kappa shape index (κ1) is 32.7. The molecule has 0 amide bonds. The van der Waals surface area contributed by atoms with Crippen molar-refractivity contribution in [2.45, 2.75) is 0 Å². The van der Waals surface area contributed by atoms with Gasteiger partial charge in [-0.25, -0.2) is 19.9 Å². The lowest BCUT2D eigenvalue weighted by molar-refractivity contribution is 1.19. The summed E-state index contributed by atoms with van der Waals surface area (Å²) < 4.78 is 0. The highest BCUT2D eigenvalue weighted by atomic mass is 32.1. The van der Waals surface area contributed by atoms with Crippen molar-refractivity contribution in [3.63, 3.8) is 0 Å². The molecule has 6 aromatic heterocycles. The van der Waals surface area contributed by atoms with Crippen LogP contribution in [0, 0.1) is 0 Å². The maximum absolute atomic E-state index is 5.01. The Hall–Kier alpha value is -5.90. The summed E-state index contributed by atoms with van der Waals surface area (Å²) in [4.78, 5) is 24.6. The molecule has 0 fully saturated rings. The summed E-state index contributed by atoms with van der Waals surface area (Å²) in [5.74, 6) is 1.46. The van der Waals surface area contributed by atoms with E-state index in [9.17, 15) is 0 Å². The van der Waals surface area contributed by atoms with Crippen molar-refractivity contribution in [2.75, 3.05) is 0 Å². The first-order valence-corrected chi connectivity index (χ1v) is 20.9. The van der Waals surface area contributed by atoms with Crippen molar-refractivity contribution >= 4 is 56.1 Å². The van der Waals surface area contributed by atoms with Gasteiger partial charge in [-0.15, -0.1) is 45.3 Å². The third-order valence-electron chi connectivity index (χ3n) is 9.38. The zero-order valence-electron chi connectivity index (χ0n) is 28.6. The van der Waals surface area contributed by atoms with Gasteiger partial charge in [0.05, 0.1) is 42.3 Å². The molecule has 10 rings (SSSR count). The molecule has 0 spiro atoms. The van der Waals surface area contributed by atoms with Gasteiger partial charge in [0.1, 0.15) is 0 Å². The van der Waals surface area contributed by atoms with E-state index in [0.29, 0.717) is 0 Å². The lowest BCUT2D eigenvalue weighted by Crippen LogP contribution is -1.94. The van der Waals surface area contributed by atoms with E-state index >= 15 is 0 Å². The van der Waals surface area contributed by atoms with E-state index in [2.05, 4.69) is 167 Å². The maximum Gasteiger partial charge on any atom is 0.160 e. The van der Waals surface area contributed by atoms with Crippen molar-refractivity contribution in [3.05, 3.63) is 167 Å². The molecule has 6 heterocycles. The minimum Gasteiger partial charge on any atom is -0.227 e. The molecule has 0 atom stereocenters. The molecule has 0 saturated carbocycles. The molecule has 10 aromatic rings. The quantitative estimate of drug-likeness (QED) is 0.155. The van der Waals surface area contributed by atoms with Crippen LogP contribution < -0.4 is 0 Å². The second kappa shape index (κ2) is 14.2. The van der Waals surface area contributed by atoms with E-state index in [1.807, 2.05) is 0 Å². The molecule has 0 saturated heterocycles. The Labute approximate surface area is 328 Å². The molecule has 54 heavy (non-hydrogen) atoms. The first-order valence-electron chi connectivity index (χ1n) is 17.4. The molecule has 256 valence electrons. The van der Waals surface area contributed by atoms with Crippen LogP contribution in [0.15, 0.2) is 167 Å². The monoisotopic (exact) mass is 764 g/mol. The number of nitrogens with zero attached hydrogens (tertiary/aromatic N) is 4. The van der Waals surface area contributed by atoms with Crippen molar-refractivity contribution in [3.8, 4) is 87.3 Å². The van der Waals surface area contributed by atoms with Gasteiger partial charge in [-0.05, 0) is 90.9 Å². The fourth-order valence-electron chi connectivity index (χ4n) is 6.77. The van der Waals surface area contributed by atoms with E-state index in [1.165, 1.54) is 21.9 Å². The Bertz CT molecular complexity index is 2540. The molecule has 0 N–H and O–H groups in total. The van der Waals surface area contributed by atoms with Crippen molar-refractivity contribution in [1.29, 1.82) is 0 Å². The second-order valence-electron chi connectivity index (χ2n) is 12.7. The number of hydrogen-bond donors (Lipinski definition) is 0. The molecule has 4 nitrogen and oxygen atoms in total. The predicted molar refractivity (Wildman–Crippen MR) is 230 cm³/mol. The summed E-state index contributed by atoms with van der Waals surface area (Å²) in [5, 5.41) is 10.8. The zero-order valence-corrected chi connectivity index (χ0v) is 31.9. The number of benzene rings is 4. The second-order valence-corrected chi connectivity index (χ2v) is 16.5. The van der Waals surface area contributed by atoms with Gasteiger partial charge in [0, 0.05) is 11.1 Å². The lowest BCUT2D eigenvalue weighted by Gasteiger charge is -2.13. The van der Waals surface area contributed by atoms with Gasteiger partial charge in [-0.1, -0.05) is 109 Å². The maximum atomic E-state index is 5.01. The van der Waals surface area contributed by atoms with Crippen LogP contribution in [0.5, 0.6) is 0 Å². The molecule has 4 aromatic carbocycles. The Morgan fingerprint density at radius 1 is 0.296 bits per heavy atom. The standard InChI is InChI=1S/C46H28N4S4/c1-7-33(29-15-19-31(20-16-29)45-47-37(41-11-3-23-51-41)27-38(48-45)42-12-4-24-52-42)36-10-2-8-34(35(36)9-1)30-17-21-32(22-18-30)46-49-39(43-13-5-25-53-43)28-40(50-46)44-14-6-26-54-44/h1-28H. The third-order valence-corrected chi connectivity index (χ3v) is 12.9. The van der Waals surface area contributed by atoms with Crippen LogP contribution in [0.25, 0.3) is 98.1 Å². The van der Waals surface area contributed by atoms with E-state index in [-0.39, 0.29) is 0 Å². The smallest absolute Gasteiger partial charge is 0.160 e. The van der Waals surface area contributed by atoms with Crippen LogP contribution in [0.4, 0.5) is 0 Å². The number of thiophene rings is 4. The van der Waals surface area contributed by atoms with E-state index < -0.39 is 0 Å². The zero-order chi connectivity index (χ0) is 35.8. The SMILES string of the molecule is c1csc(-c2cc(-c3cccs3)nc(-c3ccc(-c4cccc5c(-c6ccc(-c7nc(-c8cccs8)cc(-c8cccs8)n7)cc6)cccc45)cc3)n2)c1. The van der Waals surface area contributed by atoms with Crippen LogP contribution >= 0.6 is 45.3 Å².